The van der Waals surface area contributed by atoms with E-state index in [0.717, 1.165) is 30.5 Å². The Labute approximate surface area is 118 Å². The zero-order valence-corrected chi connectivity index (χ0v) is 11.4. The maximum atomic E-state index is 12.2. The molecule has 1 amide bonds. The quantitative estimate of drug-likeness (QED) is 0.895. The summed E-state index contributed by atoms with van der Waals surface area (Å²) in [7, 11) is 0. The van der Waals surface area contributed by atoms with Gasteiger partial charge in [-0.2, -0.15) is 0 Å². The molecule has 2 N–H and O–H groups in total. The van der Waals surface area contributed by atoms with Crippen LogP contribution in [0.4, 0.5) is 0 Å². The Bertz CT molecular complexity index is 605. The van der Waals surface area contributed by atoms with Gasteiger partial charge in [0.15, 0.2) is 0 Å². The van der Waals surface area contributed by atoms with Crippen molar-refractivity contribution in [1.29, 1.82) is 0 Å². The number of hydrogen-bond donors (Lipinski definition) is 2. The van der Waals surface area contributed by atoms with E-state index in [9.17, 15) is 4.79 Å². The second kappa shape index (κ2) is 6.01. The number of aromatic nitrogens is 1. The van der Waals surface area contributed by atoms with Crippen molar-refractivity contribution in [2.75, 3.05) is 19.6 Å². The van der Waals surface area contributed by atoms with E-state index >= 15 is 0 Å². The number of nitrogens with one attached hydrogen (secondary N) is 2. The highest BCUT2D eigenvalue weighted by Gasteiger charge is 2.14. The standard InChI is InChI=1S/C16H19N3O/c20-16(19-11-12-3-1-7-17-10-12)14-5-6-15-13(9-14)4-2-8-18-15/h2,4-6,8-9,12,17H,1,3,7,10-11H2,(H,19,20). The molecular formula is C16H19N3O. The minimum absolute atomic E-state index is 0.00123. The Balaban J connectivity index is 1.65. The van der Waals surface area contributed by atoms with Gasteiger partial charge in [-0.25, -0.2) is 0 Å². The summed E-state index contributed by atoms with van der Waals surface area (Å²) in [6.45, 7) is 2.85. The van der Waals surface area contributed by atoms with Crippen LogP contribution in [0.5, 0.6) is 0 Å². The molecule has 0 radical (unpaired) electrons. The first-order valence-electron chi connectivity index (χ1n) is 7.16. The fourth-order valence-electron chi connectivity index (χ4n) is 2.65. The van der Waals surface area contributed by atoms with Crippen LogP contribution in [-0.4, -0.2) is 30.5 Å². The molecule has 4 heteroatoms. The van der Waals surface area contributed by atoms with Crippen LogP contribution in [0.1, 0.15) is 23.2 Å². The minimum Gasteiger partial charge on any atom is -0.352 e. The van der Waals surface area contributed by atoms with Crippen LogP contribution in [0.2, 0.25) is 0 Å². The molecule has 4 nitrogen and oxygen atoms in total. The zero-order valence-electron chi connectivity index (χ0n) is 11.4. The van der Waals surface area contributed by atoms with E-state index in [-0.39, 0.29) is 5.91 Å². The fraction of sp³-hybridized carbons (Fsp3) is 0.375. The summed E-state index contributed by atoms with van der Waals surface area (Å²) in [6.07, 6.45) is 4.15. The number of amides is 1. The van der Waals surface area contributed by atoms with Gasteiger partial charge in [-0.3, -0.25) is 9.78 Å². The van der Waals surface area contributed by atoms with Gasteiger partial charge in [-0.15, -0.1) is 0 Å². The van der Waals surface area contributed by atoms with E-state index < -0.39 is 0 Å². The summed E-state index contributed by atoms with van der Waals surface area (Å²) >= 11 is 0. The molecule has 1 unspecified atom stereocenters. The van der Waals surface area contributed by atoms with Crippen LogP contribution in [0.25, 0.3) is 10.9 Å². The summed E-state index contributed by atoms with van der Waals surface area (Å²) in [6, 6.07) is 9.49. The second-order valence-corrected chi connectivity index (χ2v) is 5.33. The summed E-state index contributed by atoms with van der Waals surface area (Å²) in [4.78, 5) is 16.4. The molecular weight excluding hydrogens is 250 g/mol. The average molecular weight is 269 g/mol. The van der Waals surface area contributed by atoms with Gasteiger partial charge in [-0.05, 0) is 56.1 Å². The fourth-order valence-corrected chi connectivity index (χ4v) is 2.65. The lowest BCUT2D eigenvalue weighted by Gasteiger charge is -2.22. The van der Waals surface area contributed by atoms with E-state index in [2.05, 4.69) is 15.6 Å². The lowest BCUT2D eigenvalue weighted by atomic mass is 9.99. The number of carbonyl (C=O) groups is 1. The van der Waals surface area contributed by atoms with Crippen LogP contribution in [0.3, 0.4) is 0 Å². The van der Waals surface area contributed by atoms with Crippen LogP contribution in [-0.2, 0) is 0 Å². The first-order valence-corrected chi connectivity index (χ1v) is 7.16. The number of hydrogen-bond acceptors (Lipinski definition) is 3. The average Bonchev–Trinajstić information content (AvgIpc) is 2.53. The number of benzene rings is 1. The number of nitrogens with zero attached hydrogens (tertiary/aromatic N) is 1. The van der Waals surface area contributed by atoms with Gasteiger partial charge in [0, 0.05) is 23.7 Å². The Kier molecular flexibility index (Phi) is 3.92. The summed E-state index contributed by atoms with van der Waals surface area (Å²) < 4.78 is 0. The molecule has 1 fully saturated rings. The van der Waals surface area contributed by atoms with E-state index in [1.54, 1.807) is 6.20 Å². The Hall–Kier alpha value is -1.94. The molecule has 2 heterocycles. The Morgan fingerprint density at radius 1 is 1.40 bits per heavy atom. The van der Waals surface area contributed by atoms with Crippen molar-refractivity contribution >= 4 is 16.8 Å². The highest BCUT2D eigenvalue weighted by atomic mass is 16.1. The number of fused-ring (bicyclic) bond motifs is 1. The van der Waals surface area contributed by atoms with Gasteiger partial charge < -0.3 is 10.6 Å². The van der Waals surface area contributed by atoms with Gasteiger partial charge in [0.25, 0.3) is 5.91 Å². The summed E-state index contributed by atoms with van der Waals surface area (Å²) in [5.41, 5.74) is 1.62. The lowest BCUT2D eigenvalue weighted by Crippen LogP contribution is -2.38. The molecule has 1 aromatic heterocycles. The van der Waals surface area contributed by atoms with Crippen molar-refractivity contribution in [2.45, 2.75) is 12.8 Å². The molecule has 1 atom stereocenters. The van der Waals surface area contributed by atoms with Gasteiger partial charge in [-0.1, -0.05) is 6.07 Å². The van der Waals surface area contributed by atoms with Gasteiger partial charge >= 0.3 is 0 Å². The number of pyridine rings is 1. The molecule has 2 aromatic rings. The summed E-state index contributed by atoms with van der Waals surface area (Å²) in [5.74, 6) is 0.552. The van der Waals surface area contributed by atoms with Crippen LogP contribution in [0.15, 0.2) is 36.5 Å². The predicted molar refractivity (Wildman–Crippen MR) is 79.7 cm³/mol. The minimum atomic E-state index is 0.00123. The molecule has 0 bridgehead atoms. The lowest BCUT2D eigenvalue weighted by molar-refractivity contribution is 0.0945. The largest absolute Gasteiger partial charge is 0.352 e. The third-order valence-electron chi connectivity index (χ3n) is 3.82. The molecule has 0 saturated carbocycles. The Morgan fingerprint density at radius 3 is 3.20 bits per heavy atom. The number of carbonyl (C=O) groups excluding carboxylic acids is 1. The normalized spacial score (nSPS) is 18.9. The highest BCUT2D eigenvalue weighted by molar-refractivity contribution is 5.97. The third kappa shape index (κ3) is 2.96. The van der Waals surface area contributed by atoms with Crippen LogP contribution in [0, 0.1) is 5.92 Å². The molecule has 3 rings (SSSR count). The maximum Gasteiger partial charge on any atom is 0.251 e. The third-order valence-corrected chi connectivity index (χ3v) is 3.82. The second-order valence-electron chi connectivity index (χ2n) is 5.33. The topological polar surface area (TPSA) is 54.0 Å². The predicted octanol–water partition coefficient (Wildman–Crippen LogP) is 1.96. The van der Waals surface area contributed by atoms with Crippen molar-refractivity contribution in [3.8, 4) is 0 Å². The monoisotopic (exact) mass is 269 g/mol. The van der Waals surface area contributed by atoms with E-state index in [4.69, 9.17) is 0 Å². The number of rotatable bonds is 3. The van der Waals surface area contributed by atoms with Crippen LogP contribution >= 0.6 is 0 Å². The van der Waals surface area contributed by atoms with Crippen molar-refractivity contribution in [3.05, 3.63) is 42.1 Å². The van der Waals surface area contributed by atoms with Gasteiger partial charge in [0.1, 0.15) is 0 Å². The Morgan fingerprint density at radius 2 is 2.35 bits per heavy atom. The molecule has 104 valence electrons. The molecule has 1 aromatic carbocycles. The highest BCUT2D eigenvalue weighted by Crippen LogP contribution is 2.14. The van der Waals surface area contributed by atoms with Gasteiger partial charge in [0.05, 0.1) is 5.52 Å². The van der Waals surface area contributed by atoms with E-state index in [1.165, 1.54) is 12.8 Å². The zero-order chi connectivity index (χ0) is 13.8. The molecule has 0 aliphatic carbocycles. The van der Waals surface area contributed by atoms with E-state index in [1.807, 2.05) is 30.3 Å². The molecule has 1 saturated heterocycles. The van der Waals surface area contributed by atoms with Crippen molar-refractivity contribution < 1.29 is 4.79 Å². The summed E-state index contributed by atoms with van der Waals surface area (Å²) in [5, 5.41) is 7.40. The van der Waals surface area contributed by atoms with Crippen molar-refractivity contribution in [2.24, 2.45) is 5.92 Å². The van der Waals surface area contributed by atoms with Gasteiger partial charge in [0.2, 0.25) is 0 Å². The first-order chi connectivity index (χ1) is 9.83. The molecule has 1 aliphatic heterocycles. The maximum absolute atomic E-state index is 12.2. The van der Waals surface area contributed by atoms with Crippen molar-refractivity contribution in [3.63, 3.8) is 0 Å². The van der Waals surface area contributed by atoms with Crippen molar-refractivity contribution in [1.82, 2.24) is 15.6 Å². The van der Waals surface area contributed by atoms with Crippen LogP contribution < -0.4 is 10.6 Å². The molecule has 20 heavy (non-hydrogen) atoms. The molecule has 1 aliphatic rings. The smallest absolute Gasteiger partial charge is 0.251 e. The SMILES string of the molecule is O=C(NCC1CCCNC1)c1ccc2ncccc2c1. The van der Waals surface area contributed by atoms with E-state index in [0.29, 0.717) is 11.5 Å². The molecule has 0 spiro atoms. The first kappa shape index (κ1) is 13.1. The number of piperidine rings is 1.